The van der Waals surface area contributed by atoms with Crippen LogP contribution in [0.25, 0.3) is 0 Å². The molecule has 0 aromatic carbocycles. The Morgan fingerprint density at radius 3 is 2.76 bits per heavy atom. The molecule has 17 heavy (non-hydrogen) atoms. The fourth-order valence-electron chi connectivity index (χ4n) is 2.46. The first-order valence-electron chi connectivity index (χ1n) is 6.19. The first kappa shape index (κ1) is 12.2. The van der Waals surface area contributed by atoms with E-state index in [0.29, 0.717) is 12.6 Å². The van der Waals surface area contributed by atoms with Gasteiger partial charge >= 0.3 is 6.03 Å². The van der Waals surface area contributed by atoms with Crippen molar-refractivity contribution in [1.82, 2.24) is 20.4 Å². The van der Waals surface area contributed by atoms with E-state index in [-0.39, 0.29) is 18.5 Å². The maximum atomic E-state index is 12.1. The fourth-order valence-corrected chi connectivity index (χ4v) is 2.46. The molecule has 2 fully saturated rings. The monoisotopic (exact) mass is 240 g/mol. The van der Waals surface area contributed by atoms with Gasteiger partial charge in [0.15, 0.2) is 0 Å². The van der Waals surface area contributed by atoms with Crippen LogP contribution in [0.15, 0.2) is 0 Å². The molecular formula is C11H20N4O2. The van der Waals surface area contributed by atoms with Gasteiger partial charge in [0.25, 0.3) is 0 Å². The summed E-state index contributed by atoms with van der Waals surface area (Å²) in [5, 5.41) is 5.84. The zero-order valence-electron chi connectivity index (χ0n) is 10.2. The number of piperidine rings is 1. The Hall–Kier alpha value is -1.30. The van der Waals surface area contributed by atoms with Gasteiger partial charge in [0.2, 0.25) is 5.91 Å². The highest BCUT2D eigenvalue weighted by Gasteiger charge is 2.34. The van der Waals surface area contributed by atoms with Crippen molar-refractivity contribution in [2.45, 2.75) is 18.9 Å². The molecule has 2 saturated heterocycles. The van der Waals surface area contributed by atoms with E-state index < -0.39 is 0 Å². The summed E-state index contributed by atoms with van der Waals surface area (Å²) in [7, 11) is 1.59. The minimum Gasteiger partial charge on any atom is -0.358 e. The van der Waals surface area contributed by atoms with Gasteiger partial charge in [-0.15, -0.1) is 0 Å². The summed E-state index contributed by atoms with van der Waals surface area (Å²) in [5.74, 6) is -0.106. The number of likely N-dealkylation sites (N-methyl/N-ethyl adjacent to an activating group) is 1. The van der Waals surface area contributed by atoms with Crippen molar-refractivity contribution in [3.63, 3.8) is 0 Å². The van der Waals surface area contributed by atoms with E-state index >= 15 is 0 Å². The second-order valence-electron chi connectivity index (χ2n) is 4.55. The highest BCUT2D eigenvalue weighted by Crippen LogP contribution is 2.18. The molecule has 3 amide bonds. The third kappa shape index (κ3) is 2.69. The lowest BCUT2D eigenvalue weighted by atomic mass is 10.1. The molecule has 2 aliphatic heterocycles. The van der Waals surface area contributed by atoms with E-state index in [4.69, 9.17) is 0 Å². The number of rotatable bonds is 3. The Morgan fingerprint density at radius 2 is 2.12 bits per heavy atom. The number of carbonyl (C=O) groups is 2. The first-order valence-corrected chi connectivity index (χ1v) is 6.19. The van der Waals surface area contributed by atoms with Crippen molar-refractivity contribution in [1.29, 1.82) is 0 Å². The average molecular weight is 240 g/mol. The van der Waals surface area contributed by atoms with Crippen molar-refractivity contribution in [3.05, 3.63) is 0 Å². The molecule has 0 atom stereocenters. The largest absolute Gasteiger partial charge is 0.358 e. The number of hydrogen-bond acceptors (Lipinski definition) is 3. The minimum atomic E-state index is -0.106. The van der Waals surface area contributed by atoms with Crippen LogP contribution in [-0.4, -0.2) is 67.6 Å². The Labute approximate surface area is 101 Å². The van der Waals surface area contributed by atoms with Crippen molar-refractivity contribution in [2.24, 2.45) is 0 Å². The number of nitrogens with zero attached hydrogens (tertiary/aromatic N) is 2. The molecule has 0 aromatic rings. The van der Waals surface area contributed by atoms with Gasteiger partial charge in [0.1, 0.15) is 6.54 Å². The summed E-state index contributed by atoms with van der Waals surface area (Å²) in [6.45, 7) is 3.54. The van der Waals surface area contributed by atoms with Crippen molar-refractivity contribution in [3.8, 4) is 0 Å². The lowest BCUT2D eigenvalue weighted by Crippen LogP contribution is -2.46. The van der Waals surface area contributed by atoms with Gasteiger partial charge in [-0.1, -0.05) is 0 Å². The SMILES string of the molecule is CNC(=O)CN1CCN(C2CCNCC2)C1=O. The average Bonchev–Trinajstić information content (AvgIpc) is 2.72. The Morgan fingerprint density at radius 1 is 1.41 bits per heavy atom. The number of amides is 3. The summed E-state index contributed by atoms with van der Waals surface area (Å²) in [4.78, 5) is 26.9. The van der Waals surface area contributed by atoms with Crippen LogP contribution in [0.1, 0.15) is 12.8 Å². The van der Waals surface area contributed by atoms with Crippen LogP contribution in [0.4, 0.5) is 4.79 Å². The van der Waals surface area contributed by atoms with Crippen LogP contribution in [0.5, 0.6) is 0 Å². The summed E-state index contributed by atoms with van der Waals surface area (Å²) in [5.41, 5.74) is 0. The molecule has 0 unspecified atom stereocenters. The highest BCUT2D eigenvalue weighted by atomic mass is 16.2. The second-order valence-corrected chi connectivity index (χ2v) is 4.55. The van der Waals surface area contributed by atoms with Crippen LogP contribution in [-0.2, 0) is 4.79 Å². The quantitative estimate of drug-likeness (QED) is 0.680. The highest BCUT2D eigenvalue weighted by molar-refractivity contribution is 5.85. The molecule has 0 bridgehead atoms. The molecule has 0 saturated carbocycles. The topological polar surface area (TPSA) is 64.7 Å². The van der Waals surface area contributed by atoms with Crippen LogP contribution < -0.4 is 10.6 Å². The predicted octanol–water partition coefficient (Wildman–Crippen LogP) is -0.778. The fraction of sp³-hybridized carbons (Fsp3) is 0.818. The zero-order chi connectivity index (χ0) is 12.3. The second kappa shape index (κ2) is 5.35. The summed E-state index contributed by atoms with van der Waals surface area (Å²) >= 11 is 0. The maximum Gasteiger partial charge on any atom is 0.320 e. The summed E-state index contributed by atoms with van der Waals surface area (Å²) in [6.07, 6.45) is 2.03. The maximum absolute atomic E-state index is 12.1. The number of hydrogen-bond donors (Lipinski definition) is 2. The van der Waals surface area contributed by atoms with Crippen LogP contribution in [0, 0.1) is 0 Å². The van der Waals surface area contributed by atoms with Crippen LogP contribution in [0.2, 0.25) is 0 Å². The molecular weight excluding hydrogens is 220 g/mol. The van der Waals surface area contributed by atoms with Crippen molar-refractivity contribution >= 4 is 11.9 Å². The molecule has 2 N–H and O–H groups in total. The third-order valence-corrected chi connectivity index (χ3v) is 3.49. The zero-order valence-corrected chi connectivity index (χ0v) is 10.2. The third-order valence-electron chi connectivity index (χ3n) is 3.49. The molecule has 96 valence electrons. The molecule has 0 aliphatic carbocycles. The van der Waals surface area contributed by atoms with E-state index in [1.807, 2.05) is 4.90 Å². The van der Waals surface area contributed by atoms with E-state index in [0.717, 1.165) is 32.5 Å². The van der Waals surface area contributed by atoms with E-state index in [9.17, 15) is 9.59 Å². The van der Waals surface area contributed by atoms with Gasteiger partial charge in [0, 0.05) is 26.2 Å². The predicted molar refractivity (Wildman–Crippen MR) is 63.6 cm³/mol. The first-order chi connectivity index (χ1) is 8.22. The molecule has 0 radical (unpaired) electrons. The van der Waals surface area contributed by atoms with E-state index in [2.05, 4.69) is 10.6 Å². The summed E-state index contributed by atoms with van der Waals surface area (Å²) < 4.78 is 0. The van der Waals surface area contributed by atoms with Crippen LogP contribution in [0.3, 0.4) is 0 Å². The standard InChI is InChI=1S/C11H20N4O2/c1-12-10(16)8-14-6-7-15(11(14)17)9-2-4-13-5-3-9/h9,13H,2-8H2,1H3,(H,12,16). The molecule has 2 aliphatic rings. The lowest BCUT2D eigenvalue weighted by molar-refractivity contribution is -0.121. The van der Waals surface area contributed by atoms with Gasteiger partial charge in [-0.25, -0.2) is 4.79 Å². The lowest BCUT2D eigenvalue weighted by Gasteiger charge is -2.31. The van der Waals surface area contributed by atoms with Gasteiger partial charge in [-0.2, -0.15) is 0 Å². The van der Waals surface area contributed by atoms with Gasteiger partial charge < -0.3 is 20.4 Å². The van der Waals surface area contributed by atoms with Gasteiger partial charge in [-0.3, -0.25) is 4.79 Å². The molecule has 2 heterocycles. The molecule has 0 spiro atoms. The van der Waals surface area contributed by atoms with E-state index in [1.165, 1.54) is 0 Å². The minimum absolute atomic E-state index is 0.0144. The Bertz CT molecular complexity index is 302. The molecule has 2 rings (SSSR count). The van der Waals surface area contributed by atoms with Gasteiger partial charge in [0.05, 0.1) is 0 Å². The Kier molecular flexibility index (Phi) is 3.83. The molecule has 6 heteroatoms. The van der Waals surface area contributed by atoms with E-state index in [1.54, 1.807) is 11.9 Å². The van der Waals surface area contributed by atoms with Crippen LogP contribution >= 0.6 is 0 Å². The normalized spacial score (nSPS) is 22.1. The molecule has 0 aromatic heterocycles. The number of carbonyl (C=O) groups excluding carboxylic acids is 2. The number of urea groups is 1. The number of nitrogens with one attached hydrogen (secondary N) is 2. The molecule has 6 nitrogen and oxygen atoms in total. The van der Waals surface area contributed by atoms with Crippen molar-refractivity contribution < 1.29 is 9.59 Å². The van der Waals surface area contributed by atoms with Crippen molar-refractivity contribution in [2.75, 3.05) is 39.8 Å². The Balaban J connectivity index is 1.90. The summed E-state index contributed by atoms with van der Waals surface area (Å²) in [6, 6.07) is 0.360. The smallest absolute Gasteiger partial charge is 0.320 e. The van der Waals surface area contributed by atoms with Gasteiger partial charge in [-0.05, 0) is 25.9 Å².